The normalized spacial score (nSPS) is 11.1. The average molecular weight is 360 g/mol. The van der Waals surface area contributed by atoms with Crippen LogP contribution in [-0.2, 0) is 4.79 Å². The molecule has 2 rings (SSSR count). The minimum Gasteiger partial charge on any atom is -0.360 e. The van der Waals surface area contributed by atoms with Crippen molar-refractivity contribution in [3.8, 4) is 0 Å². The first-order valence-corrected chi connectivity index (χ1v) is 7.87. The zero-order chi connectivity index (χ0) is 19.5. The van der Waals surface area contributed by atoms with E-state index in [1.54, 1.807) is 33.8 Å². The third-order valence-corrected chi connectivity index (χ3v) is 3.56. The monoisotopic (exact) mass is 360 g/mol. The number of nitro benzene ring substituents is 1. The van der Waals surface area contributed by atoms with E-state index in [0.717, 1.165) is 0 Å². The van der Waals surface area contributed by atoms with Crippen LogP contribution >= 0.6 is 0 Å². The molecule has 1 aromatic heterocycles. The summed E-state index contributed by atoms with van der Waals surface area (Å²) in [6.45, 7) is 6.77. The predicted molar refractivity (Wildman–Crippen MR) is 93.8 cm³/mol. The van der Waals surface area contributed by atoms with Crippen LogP contribution in [0.15, 0.2) is 34.9 Å². The molecule has 0 atom stereocenters. The van der Waals surface area contributed by atoms with Crippen LogP contribution in [-0.4, -0.2) is 38.9 Å². The molecule has 0 aliphatic heterocycles. The third-order valence-electron chi connectivity index (χ3n) is 3.56. The number of aromatic nitrogens is 1. The van der Waals surface area contributed by atoms with Gasteiger partial charge in [-0.3, -0.25) is 19.7 Å². The highest BCUT2D eigenvalue weighted by atomic mass is 16.6. The molecular formula is C17H20N4O5. The number of nitro groups is 1. The molecule has 1 aromatic carbocycles. The van der Waals surface area contributed by atoms with E-state index in [-0.39, 0.29) is 23.6 Å². The first-order chi connectivity index (χ1) is 12.1. The van der Waals surface area contributed by atoms with Crippen LogP contribution < -0.4 is 5.32 Å². The van der Waals surface area contributed by atoms with E-state index in [1.807, 2.05) is 0 Å². The Balaban J connectivity index is 2.21. The number of hydrogen-bond donors (Lipinski definition) is 1. The molecule has 1 N–H and O–H groups in total. The predicted octanol–water partition coefficient (Wildman–Crippen LogP) is 2.77. The van der Waals surface area contributed by atoms with Crippen LogP contribution in [0, 0.1) is 17.0 Å². The van der Waals surface area contributed by atoms with Crippen molar-refractivity contribution in [2.45, 2.75) is 33.2 Å². The van der Waals surface area contributed by atoms with Crippen LogP contribution in [0.1, 0.15) is 36.9 Å². The fourth-order valence-corrected chi connectivity index (χ4v) is 2.27. The number of anilines is 1. The zero-order valence-electron chi connectivity index (χ0n) is 15.0. The summed E-state index contributed by atoms with van der Waals surface area (Å²) < 4.78 is 4.88. The van der Waals surface area contributed by atoms with Crippen LogP contribution in [0.2, 0.25) is 0 Å². The van der Waals surface area contributed by atoms with E-state index in [4.69, 9.17) is 4.52 Å². The third kappa shape index (κ3) is 4.65. The van der Waals surface area contributed by atoms with Crippen molar-refractivity contribution < 1.29 is 19.0 Å². The molecule has 0 saturated heterocycles. The van der Waals surface area contributed by atoms with Gasteiger partial charge in [0.15, 0.2) is 5.82 Å². The molecule has 2 aromatic rings. The Morgan fingerprint density at radius 1 is 1.31 bits per heavy atom. The van der Waals surface area contributed by atoms with Crippen molar-refractivity contribution in [2.24, 2.45) is 0 Å². The van der Waals surface area contributed by atoms with Gasteiger partial charge in [0.05, 0.1) is 4.92 Å². The Bertz CT molecular complexity index is 838. The van der Waals surface area contributed by atoms with Crippen LogP contribution in [0.5, 0.6) is 0 Å². The number of amides is 2. The standard InChI is InChI=1S/C17H20N4O5/c1-11-8-14(19-26-11)18-15(22)10-20(17(2,3)4)16(23)12-6-5-7-13(9-12)21(24)25/h5-9H,10H2,1-4H3,(H,18,19,22). The lowest BCUT2D eigenvalue weighted by molar-refractivity contribution is -0.384. The minimum absolute atomic E-state index is 0.138. The number of non-ortho nitro benzene ring substituents is 1. The fraction of sp³-hybridized carbons (Fsp3) is 0.353. The lowest BCUT2D eigenvalue weighted by Gasteiger charge is -2.35. The van der Waals surface area contributed by atoms with Gasteiger partial charge in [-0.2, -0.15) is 0 Å². The molecule has 0 bridgehead atoms. The number of nitrogens with one attached hydrogen (secondary N) is 1. The molecule has 0 spiro atoms. The highest BCUT2D eigenvalue weighted by Crippen LogP contribution is 2.20. The molecular weight excluding hydrogens is 340 g/mol. The second kappa shape index (κ2) is 7.34. The quantitative estimate of drug-likeness (QED) is 0.647. The van der Waals surface area contributed by atoms with Gasteiger partial charge >= 0.3 is 0 Å². The average Bonchev–Trinajstić information content (AvgIpc) is 2.96. The number of benzene rings is 1. The summed E-state index contributed by atoms with van der Waals surface area (Å²) in [6, 6.07) is 6.97. The van der Waals surface area contributed by atoms with E-state index < -0.39 is 22.3 Å². The molecule has 0 aliphatic carbocycles. The first-order valence-electron chi connectivity index (χ1n) is 7.87. The molecule has 1 heterocycles. The molecule has 2 amide bonds. The maximum absolute atomic E-state index is 12.8. The van der Waals surface area contributed by atoms with Gasteiger partial charge in [-0.15, -0.1) is 0 Å². The van der Waals surface area contributed by atoms with Crippen LogP contribution in [0.25, 0.3) is 0 Å². The summed E-state index contributed by atoms with van der Waals surface area (Å²) in [5, 5.41) is 17.2. The van der Waals surface area contributed by atoms with Crippen LogP contribution in [0.4, 0.5) is 11.5 Å². The summed E-state index contributed by atoms with van der Waals surface area (Å²) in [4.78, 5) is 36.8. The Morgan fingerprint density at radius 3 is 2.54 bits per heavy atom. The molecule has 9 heteroatoms. The SMILES string of the molecule is Cc1cc(NC(=O)CN(C(=O)c2cccc([N+](=O)[O-])c2)C(C)(C)C)no1. The molecule has 0 saturated carbocycles. The highest BCUT2D eigenvalue weighted by Gasteiger charge is 2.30. The molecule has 9 nitrogen and oxygen atoms in total. The zero-order valence-corrected chi connectivity index (χ0v) is 15.0. The summed E-state index contributed by atoms with van der Waals surface area (Å²) in [6.07, 6.45) is 0. The first kappa shape index (κ1) is 19.1. The number of rotatable bonds is 5. The maximum atomic E-state index is 12.8. The molecule has 138 valence electrons. The molecule has 0 radical (unpaired) electrons. The van der Waals surface area contributed by atoms with Crippen molar-refractivity contribution in [2.75, 3.05) is 11.9 Å². The maximum Gasteiger partial charge on any atom is 0.270 e. The largest absolute Gasteiger partial charge is 0.360 e. The number of carbonyl (C=O) groups is 2. The van der Waals surface area contributed by atoms with Crippen molar-refractivity contribution in [1.29, 1.82) is 0 Å². The number of aryl methyl sites for hydroxylation is 1. The Kier molecular flexibility index (Phi) is 5.39. The summed E-state index contributed by atoms with van der Waals surface area (Å²) in [7, 11) is 0. The minimum atomic E-state index is -0.682. The van der Waals surface area contributed by atoms with E-state index in [2.05, 4.69) is 10.5 Å². The fourth-order valence-electron chi connectivity index (χ4n) is 2.27. The van der Waals surface area contributed by atoms with Gasteiger partial charge in [0, 0.05) is 29.3 Å². The Morgan fingerprint density at radius 2 is 2.00 bits per heavy atom. The molecule has 0 fully saturated rings. The topological polar surface area (TPSA) is 119 Å². The lowest BCUT2D eigenvalue weighted by atomic mass is 10.0. The van der Waals surface area contributed by atoms with Gasteiger partial charge in [0.2, 0.25) is 5.91 Å². The molecule has 0 aliphatic rings. The number of carbonyl (C=O) groups excluding carboxylic acids is 2. The molecule has 26 heavy (non-hydrogen) atoms. The van der Waals surface area contributed by atoms with Crippen molar-refractivity contribution in [3.63, 3.8) is 0 Å². The van der Waals surface area contributed by atoms with E-state index in [9.17, 15) is 19.7 Å². The second-order valence-corrected chi connectivity index (χ2v) is 6.74. The Hall–Kier alpha value is -3.23. The summed E-state index contributed by atoms with van der Waals surface area (Å²) in [5.74, 6) is -0.135. The number of nitrogens with zero attached hydrogens (tertiary/aromatic N) is 3. The smallest absolute Gasteiger partial charge is 0.270 e. The Labute approximate surface area is 150 Å². The lowest BCUT2D eigenvalue weighted by Crippen LogP contribution is -2.49. The van der Waals surface area contributed by atoms with Gasteiger partial charge in [0.25, 0.3) is 11.6 Å². The van der Waals surface area contributed by atoms with Crippen molar-refractivity contribution >= 4 is 23.3 Å². The number of hydrogen-bond acceptors (Lipinski definition) is 6. The summed E-state index contributed by atoms with van der Waals surface area (Å²) in [5.41, 5.74) is -0.731. The highest BCUT2D eigenvalue weighted by molar-refractivity contribution is 5.99. The van der Waals surface area contributed by atoms with Crippen LogP contribution in [0.3, 0.4) is 0 Å². The van der Waals surface area contributed by atoms with E-state index in [1.165, 1.54) is 29.2 Å². The van der Waals surface area contributed by atoms with Gasteiger partial charge in [-0.25, -0.2) is 0 Å². The molecule has 0 unspecified atom stereocenters. The second-order valence-electron chi connectivity index (χ2n) is 6.74. The van der Waals surface area contributed by atoms with E-state index in [0.29, 0.717) is 5.76 Å². The van der Waals surface area contributed by atoms with Gasteiger partial charge < -0.3 is 14.7 Å². The van der Waals surface area contributed by atoms with Gasteiger partial charge in [-0.05, 0) is 33.8 Å². The van der Waals surface area contributed by atoms with Gasteiger partial charge in [0.1, 0.15) is 12.3 Å². The van der Waals surface area contributed by atoms with Gasteiger partial charge in [-0.1, -0.05) is 11.2 Å². The van der Waals surface area contributed by atoms with Crippen molar-refractivity contribution in [1.82, 2.24) is 10.1 Å². The summed E-state index contributed by atoms with van der Waals surface area (Å²) >= 11 is 0. The van der Waals surface area contributed by atoms with Crippen molar-refractivity contribution in [3.05, 3.63) is 51.8 Å². The van der Waals surface area contributed by atoms with E-state index >= 15 is 0 Å².